The van der Waals surface area contributed by atoms with Crippen LogP contribution in [0.25, 0.3) is 0 Å². The maximum absolute atomic E-state index is 14.9. The third-order valence-electron chi connectivity index (χ3n) is 5.51. The summed E-state index contributed by atoms with van der Waals surface area (Å²) < 4.78 is 35.4. The summed E-state index contributed by atoms with van der Waals surface area (Å²) in [5.74, 6) is 0.0278. The molecule has 4 atom stereocenters. The molecule has 35 heavy (non-hydrogen) atoms. The van der Waals surface area contributed by atoms with Crippen molar-refractivity contribution in [3.05, 3.63) is 94.5 Å². The van der Waals surface area contributed by atoms with Crippen LogP contribution in [-0.4, -0.2) is 38.8 Å². The minimum absolute atomic E-state index is 0.0278. The van der Waals surface area contributed by atoms with Gasteiger partial charge in [-0.25, -0.2) is 19.4 Å². The molecule has 1 aliphatic heterocycles. The first-order valence-corrected chi connectivity index (χ1v) is 13.6. The van der Waals surface area contributed by atoms with Crippen LogP contribution in [0.1, 0.15) is 16.5 Å². The summed E-state index contributed by atoms with van der Waals surface area (Å²) in [7, 11) is -3.60. The molecule has 12 heteroatoms. The second kappa shape index (κ2) is 11.5. The Hall–Kier alpha value is -2.53. The van der Waals surface area contributed by atoms with Gasteiger partial charge in [-0.15, -0.1) is 11.8 Å². The number of anilines is 1. The summed E-state index contributed by atoms with van der Waals surface area (Å²) in [5, 5.41) is 14.6. The Balaban J connectivity index is 1.44. The molecule has 186 valence electrons. The molecule has 0 radical (unpaired) electrons. The summed E-state index contributed by atoms with van der Waals surface area (Å²) in [6.07, 6.45) is -1.82. The highest BCUT2D eigenvalue weighted by atomic mass is 32.2. The molecule has 0 spiro atoms. The van der Waals surface area contributed by atoms with Crippen molar-refractivity contribution >= 4 is 25.3 Å². The molecule has 5 N–H and O–H groups in total. The van der Waals surface area contributed by atoms with Gasteiger partial charge in [-0.05, 0) is 17.2 Å². The van der Waals surface area contributed by atoms with Crippen LogP contribution in [0.2, 0.25) is 0 Å². The first kappa shape index (κ1) is 25.6. The van der Waals surface area contributed by atoms with Crippen LogP contribution < -0.4 is 21.6 Å². The summed E-state index contributed by atoms with van der Waals surface area (Å²) in [5.41, 5.74) is 6.62. The number of aromatic nitrogens is 2. The Morgan fingerprint density at radius 2 is 1.63 bits per heavy atom. The van der Waals surface area contributed by atoms with Crippen LogP contribution in [0, 0.1) is 0 Å². The van der Waals surface area contributed by atoms with Crippen LogP contribution in [0.15, 0.2) is 77.7 Å². The van der Waals surface area contributed by atoms with E-state index in [0.29, 0.717) is 0 Å². The van der Waals surface area contributed by atoms with Crippen LogP contribution in [0.4, 0.5) is 10.2 Å². The van der Waals surface area contributed by atoms with E-state index in [0.717, 1.165) is 27.5 Å². The number of benzene rings is 2. The van der Waals surface area contributed by atoms with Gasteiger partial charge in [0.2, 0.25) is 0 Å². The molecule has 0 unspecified atom stereocenters. The van der Waals surface area contributed by atoms with Crippen LogP contribution in [-0.2, 0) is 22.2 Å². The maximum atomic E-state index is 14.9. The van der Waals surface area contributed by atoms with Crippen molar-refractivity contribution in [3.8, 4) is 0 Å². The molecule has 0 saturated carbocycles. The number of halogens is 1. The molecule has 1 aliphatic rings. The van der Waals surface area contributed by atoms with E-state index in [1.807, 2.05) is 60.7 Å². The van der Waals surface area contributed by atoms with E-state index < -0.39 is 36.3 Å². The van der Waals surface area contributed by atoms with E-state index >= 15 is 0 Å². The highest BCUT2D eigenvalue weighted by Crippen LogP contribution is 2.46. The predicted octanol–water partition coefficient (Wildman–Crippen LogP) is 2.84. The normalized spacial score (nSPS) is 22.3. The van der Waals surface area contributed by atoms with Gasteiger partial charge >= 0.3 is 13.4 Å². The number of alkyl halides is 1. The van der Waals surface area contributed by atoms with Crippen LogP contribution >= 0.6 is 19.4 Å². The van der Waals surface area contributed by atoms with Gasteiger partial charge in [0.1, 0.15) is 17.3 Å². The predicted molar refractivity (Wildman–Crippen MR) is 134 cm³/mol. The van der Waals surface area contributed by atoms with Crippen molar-refractivity contribution in [1.29, 1.82) is 0 Å². The molecule has 0 aliphatic carbocycles. The van der Waals surface area contributed by atoms with Gasteiger partial charge in [-0.1, -0.05) is 60.7 Å². The largest absolute Gasteiger partial charge is 0.389 e. The quantitative estimate of drug-likeness (QED) is 0.299. The molecule has 9 nitrogen and oxygen atoms in total. The highest BCUT2D eigenvalue weighted by molar-refractivity contribution is 8.00. The summed E-state index contributed by atoms with van der Waals surface area (Å²) in [6, 6.07) is 20.2. The summed E-state index contributed by atoms with van der Waals surface area (Å²) in [6.45, 7) is 0.350. The molecule has 0 bridgehead atoms. The Morgan fingerprint density at radius 3 is 2.17 bits per heavy atom. The number of nitrogen functional groups attached to an aromatic ring is 1. The molecule has 1 fully saturated rings. The Kier molecular flexibility index (Phi) is 8.38. The van der Waals surface area contributed by atoms with Crippen molar-refractivity contribution < 1.29 is 18.6 Å². The smallest absolute Gasteiger partial charge is 0.350 e. The molecule has 1 aromatic heterocycles. The van der Waals surface area contributed by atoms with E-state index in [9.17, 15) is 18.9 Å². The second-order valence-electron chi connectivity index (χ2n) is 8.03. The van der Waals surface area contributed by atoms with E-state index in [1.165, 1.54) is 12.3 Å². The number of nitrogens with one attached hydrogen (secondary N) is 2. The minimum atomic E-state index is -3.60. The van der Waals surface area contributed by atoms with E-state index in [-0.39, 0.29) is 25.5 Å². The average molecular weight is 520 g/mol. The Labute approximate surface area is 206 Å². The van der Waals surface area contributed by atoms with Gasteiger partial charge in [-0.2, -0.15) is 4.98 Å². The molecule has 2 aromatic carbocycles. The monoisotopic (exact) mass is 519 g/mol. The topological polar surface area (TPSA) is 132 Å². The zero-order valence-corrected chi connectivity index (χ0v) is 20.4. The van der Waals surface area contributed by atoms with Crippen LogP contribution in [0.5, 0.6) is 0 Å². The SMILES string of the molecule is Nc1ccn([C@@H]2S[C@H](COP(=O)(NCc3ccccc3)NCc3ccccc3)[C@@H](O)[C@@H]2F)c(=O)n1. The number of nitrogens with two attached hydrogens (primary N) is 1. The lowest BCUT2D eigenvalue weighted by Crippen LogP contribution is -2.34. The van der Waals surface area contributed by atoms with Crippen LogP contribution in [0.3, 0.4) is 0 Å². The standard InChI is InChI=1S/C23H27FN5O4PS/c24-20-21(30)18(35-22(20)29-12-11-19(25)28-23(29)31)15-33-34(32,26-13-16-7-3-1-4-8-16)27-14-17-9-5-2-6-10-17/h1-12,18,20-22,30H,13-15H2,(H2,25,28,31)(H2,26,27,32)/t18-,20+,21-,22-/m1/s1. The molecule has 3 aromatic rings. The minimum Gasteiger partial charge on any atom is -0.389 e. The lowest BCUT2D eigenvalue weighted by atomic mass is 10.1. The number of nitrogens with zero attached hydrogens (tertiary/aromatic N) is 2. The first-order chi connectivity index (χ1) is 16.8. The molecular formula is C23H27FN5O4PS. The lowest BCUT2D eigenvalue weighted by Gasteiger charge is -2.23. The zero-order valence-electron chi connectivity index (χ0n) is 18.7. The van der Waals surface area contributed by atoms with Gasteiger partial charge in [0.15, 0.2) is 6.17 Å². The Morgan fingerprint density at radius 1 is 1.06 bits per heavy atom. The molecule has 1 saturated heterocycles. The van der Waals surface area contributed by atoms with Gasteiger partial charge < -0.3 is 15.4 Å². The van der Waals surface area contributed by atoms with Crippen molar-refractivity contribution in [2.75, 3.05) is 12.3 Å². The van der Waals surface area contributed by atoms with E-state index in [4.69, 9.17) is 10.3 Å². The lowest BCUT2D eigenvalue weighted by molar-refractivity contribution is 0.0655. The fourth-order valence-electron chi connectivity index (χ4n) is 3.59. The fraction of sp³-hybridized carbons (Fsp3) is 0.304. The number of aliphatic hydroxyl groups excluding tert-OH is 1. The summed E-state index contributed by atoms with van der Waals surface area (Å²) in [4.78, 5) is 15.8. The number of aliphatic hydroxyl groups is 1. The van der Waals surface area contributed by atoms with Crippen molar-refractivity contribution in [2.24, 2.45) is 0 Å². The van der Waals surface area contributed by atoms with E-state index in [1.54, 1.807) is 0 Å². The number of hydrogen-bond donors (Lipinski definition) is 4. The molecule has 0 amide bonds. The van der Waals surface area contributed by atoms with Gasteiger partial charge in [0.05, 0.1) is 11.9 Å². The molecule has 2 heterocycles. The Bertz CT molecular complexity index is 1170. The fourth-order valence-corrected chi connectivity index (χ4v) is 6.56. The molecule has 4 rings (SSSR count). The third kappa shape index (κ3) is 6.58. The summed E-state index contributed by atoms with van der Waals surface area (Å²) >= 11 is 1.03. The van der Waals surface area contributed by atoms with Crippen molar-refractivity contribution in [3.63, 3.8) is 0 Å². The third-order valence-corrected chi connectivity index (χ3v) is 8.70. The average Bonchev–Trinajstić information content (AvgIpc) is 3.15. The highest BCUT2D eigenvalue weighted by Gasteiger charge is 2.46. The maximum Gasteiger partial charge on any atom is 0.350 e. The van der Waals surface area contributed by atoms with Crippen molar-refractivity contribution in [2.45, 2.75) is 36.0 Å². The first-order valence-electron chi connectivity index (χ1n) is 11.0. The molecular weight excluding hydrogens is 492 g/mol. The van der Waals surface area contributed by atoms with Crippen molar-refractivity contribution in [1.82, 2.24) is 19.7 Å². The second-order valence-corrected chi connectivity index (χ2v) is 11.4. The van der Waals surface area contributed by atoms with E-state index in [2.05, 4.69) is 15.2 Å². The van der Waals surface area contributed by atoms with Gasteiger partial charge in [-0.3, -0.25) is 9.13 Å². The van der Waals surface area contributed by atoms with Gasteiger partial charge in [0, 0.05) is 19.3 Å². The number of rotatable bonds is 10. The number of thioether (sulfide) groups is 1. The zero-order chi connectivity index (χ0) is 24.8. The van der Waals surface area contributed by atoms with Gasteiger partial charge in [0.25, 0.3) is 0 Å². The number of hydrogen-bond acceptors (Lipinski definition) is 7.